The minimum atomic E-state index is -0.986. The summed E-state index contributed by atoms with van der Waals surface area (Å²) in [7, 11) is 3.27. The van der Waals surface area contributed by atoms with Crippen LogP contribution in [0.3, 0.4) is 0 Å². The second-order valence-electron chi connectivity index (χ2n) is 6.65. The number of likely N-dealkylation sites (N-methyl/N-ethyl adjacent to an activating group) is 1. The van der Waals surface area contributed by atoms with Crippen molar-refractivity contribution in [2.24, 2.45) is 16.9 Å². The molecule has 0 spiro atoms. The maximum atomic E-state index is 12.8. The Labute approximate surface area is 136 Å². The first-order valence-electron chi connectivity index (χ1n) is 8.18. The lowest BCUT2D eigenvalue weighted by Gasteiger charge is -2.27. The van der Waals surface area contributed by atoms with Gasteiger partial charge in [-0.3, -0.25) is 14.4 Å². The molecule has 7 nitrogen and oxygen atoms in total. The number of amides is 2. The molecule has 2 atom stereocenters. The van der Waals surface area contributed by atoms with E-state index in [1.54, 1.807) is 20.3 Å². The summed E-state index contributed by atoms with van der Waals surface area (Å²) in [6.07, 6.45) is 6.68. The van der Waals surface area contributed by atoms with Gasteiger partial charge in [0.25, 0.3) is 0 Å². The van der Waals surface area contributed by atoms with Crippen molar-refractivity contribution in [3.63, 3.8) is 0 Å². The highest BCUT2D eigenvalue weighted by molar-refractivity contribution is 5.93. The smallest absolute Gasteiger partial charge is 0.304 e. The summed E-state index contributed by atoms with van der Waals surface area (Å²) in [6.45, 7) is 0. The highest BCUT2D eigenvalue weighted by Crippen LogP contribution is 2.33. The predicted molar refractivity (Wildman–Crippen MR) is 84.8 cm³/mol. The summed E-state index contributed by atoms with van der Waals surface area (Å²) in [5, 5.41) is 14.4. The lowest BCUT2D eigenvalue weighted by atomic mass is 9.90. The SMILES string of the molecule is CN(C)C(=O)C1CC=NN1C(=O)C(CC(=O)O)CC1CCCC1. The fraction of sp³-hybridized carbons (Fsp3) is 0.750. The molecule has 2 amide bonds. The summed E-state index contributed by atoms with van der Waals surface area (Å²) in [5.74, 6) is -1.72. The van der Waals surface area contributed by atoms with Crippen LogP contribution in [0.5, 0.6) is 0 Å². The third-order valence-corrected chi connectivity index (χ3v) is 4.64. The topological polar surface area (TPSA) is 90.3 Å². The average Bonchev–Trinajstić information content (AvgIpc) is 3.15. The predicted octanol–water partition coefficient (Wildman–Crippen LogP) is 1.33. The lowest BCUT2D eigenvalue weighted by Crippen LogP contribution is -2.46. The molecule has 0 radical (unpaired) electrons. The average molecular weight is 323 g/mol. The fourth-order valence-corrected chi connectivity index (χ4v) is 3.45. The maximum Gasteiger partial charge on any atom is 0.304 e. The fourth-order valence-electron chi connectivity index (χ4n) is 3.45. The summed E-state index contributed by atoms with van der Waals surface area (Å²) < 4.78 is 0. The van der Waals surface area contributed by atoms with Gasteiger partial charge in [-0.15, -0.1) is 0 Å². The first kappa shape index (κ1) is 17.4. The van der Waals surface area contributed by atoms with E-state index in [4.69, 9.17) is 5.11 Å². The molecule has 7 heteroatoms. The van der Waals surface area contributed by atoms with E-state index in [0.717, 1.165) is 25.7 Å². The molecular weight excluding hydrogens is 298 g/mol. The maximum absolute atomic E-state index is 12.8. The molecule has 1 heterocycles. The third-order valence-electron chi connectivity index (χ3n) is 4.64. The van der Waals surface area contributed by atoms with Gasteiger partial charge in [-0.05, 0) is 12.3 Å². The molecule has 2 aliphatic rings. The normalized spacial score (nSPS) is 22.3. The van der Waals surface area contributed by atoms with Crippen LogP contribution in [0.25, 0.3) is 0 Å². The van der Waals surface area contributed by atoms with Crippen molar-refractivity contribution in [3.05, 3.63) is 0 Å². The van der Waals surface area contributed by atoms with E-state index in [9.17, 15) is 14.4 Å². The van der Waals surface area contributed by atoms with E-state index in [2.05, 4.69) is 5.10 Å². The van der Waals surface area contributed by atoms with Crippen molar-refractivity contribution in [2.75, 3.05) is 14.1 Å². The van der Waals surface area contributed by atoms with Crippen LogP contribution in [0.4, 0.5) is 0 Å². The zero-order valence-electron chi connectivity index (χ0n) is 13.8. The van der Waals surface area contributed by atoms with E-state index >= 15 is 0 Å². The largest absolute Gasteiger partial charge is 0.481 e. The van der Waals surface area contributed by atoms with E-state index in [-0.39, 0.29) is 18.2 Å². The van der Waals surface area contributed by atoms with Crippen molar-refractivity contribution in [3.8, 4) is 0 Å². The standard InChI is InChI=1S/C16H25N3O4/c1-18(2)16(23)13-7-8-17-19(13)15(22)12(10-14(20)21)9-11-5-3-4-6-11/h8,11-13H,3-7,9-10H2,1-2H3,(H,20,21). The molecule has 1 fully saturated rings. The molecule has 0 bridgehead atoms. The quantitative estimate of drug-likeness (QED) is 0.798. The number of hydrogen-bond acceptors (Lipinski definition) is 4. The molecule has 1 N–H and O–H groups in total. The number of carboxylic acid groups (broad SMARTS) is 1. The molecule has 2 unspecified atom stereocenters. The third kappa shape index (κ3) is 4.30. The first-order valence-corrected chi connectivity index (χ1v) is 8.18. The molecule has 1 saturated carbocycles. The number of nitrogens with zero attached hydrogens (tertiary/aromatic N) is 3. The van der Waals surface area contributed by atoms with Gasteiger partial charge in [-0.2, -0.15) is 5.10 Å². The van der Waals surface area contributed by atoms with E-state index in [1.165, 1.54) is 9.91 Å². The van der Waals surface area contributed by atoms with E-state index in [0.29, 0.717) is 18.8 Å². The number of rotatable bonds is 6. The molecular formula is C16H25N3O4. The minimum Gasteiger partial charge on any atom is -0.481 e. The number of hydrazone groups is 1. The van der Waals surface area contributed by atoms with Gasteiger partial charge in [0, 0.05) is 26.7 Å². The summed E-state index contributed by atoms with van der Waals surface area (Å²) in [4.78, 5) is 37.5. The monoisotopic (exact) mass is 323 g/mol. The Kier molecular flexibility index (Phi) is 5.74. The lowest BCUT2D eigenvalue weighted by molar-refractivity contribution is -0.149. The van der Waals surface area contributed by atoms with Gasteiger partial charge in [0.2, 0.25) is 11.8 Å². The Bertz CT molecular complexity index is 498. The van der Waals surface area contributed by atoms with Crippen LogP contribution < -0.4 is 0 Å². The molecule has 0 aromatic rings. The zero-order valence-corrected chi connectivity index (χ0v) is 13.8. The van der Waals surface area contributed by atoms with Gasteiger partial charge >= 0.3 is 5.97 Å². The number of aliphatic carboxylic acids is 1. The molecule has 1 aliphatic heterocycles. The van der Waals surface area contributed by atoms with Crippen molar-refractivity contribution in [1.82, 2.24) is 9.91 Å². The summed E-state index contributed by atoms with van der Waals surface area (Å²) in [6, 6.07) is -0.641. The highest BCUT2D eigenvalue weighted by Gasteiger charge is 2.38. The number of hydrogen-bond donors (Lipinski definition) is 1. The number of carbonyl (C=O) groups is 3. The molecule has 0 aromatic carbocycles. The van der Waals surface area contributed by atoms with Crippen molar-refractivity contribution in [2.45, 2.75) is 51.0 Å². The molecule has 0 aromatic heterocycles. The Morgan fingerprint density at radius 3 is 2.52 bits per heavy atom. The van der Waals surface area contributed by atoms with Crippen LogP contribution in [-0.4, -0.2) is 59.2 Å². The van der Waals surface area contributed by atoms with Crippen LogP contribution in [0.15, 0.2) is 5.10 Å². The summed E-state index contributed by atoms with van der Waals surface area (Å²) in [5.41, 5.74) is 0. The van der Waals surface area contributed by atoms with E-state index < -0.39 is 17.9 Å². The Morgan fingerprint density at radius 2 is 1.96 bits per heavy atom. The van der Waals surface area contributed by atoms with Gasteiger partial charge in [0.1, 0.15) is 6.04 Å². The van der Waals surface area contributed by atoms with Gasteiger partial charge in [-0.25, -0.2) is 5.01 Å². The Hall–Kier alpha value is -1.92. The molecule has 0 saturated heterocycles. The van der Waals surface area contributed by atoms with Gasteiger partial charge in [-0.1, -0.05) is 25.7 Å². The van der Waals surface area contributed by atoms with Crippen LogP contribution in [0.2, 0.25) is 0 Å². The first-order chi connectivity index (χ1) is 10.9. The second kappa shape index (κ2) is 7.57. The Morgan fingerprint density at radius 1 is 1.30 bits per heavy atom. The van der Waals surface area contributed by atoms with Crippen molar-refractivity contribution < 1.29 is 19.5 Å². The van der Waals surface area contributed by atoms with Crippen molar-refractivity contribution in [1.29, 1.82) is 0 Å². The van der Waals surface area contributed by atoms with Crippen LogP contribution in [-0.2, 0) is 14.4 Å². The highest BCUT2D eigenvalue weighted by atomic mass is 16.4. The molecule has 128 valence electrons. The Balaban J connectivity index is 2.09. The molecule has 2 rings (SSSR count). The van der Waals surface area contributed by atoms with Gasteiger partial charge in [0.15, 0.2) is 0 Å². The van der Waals surface area contributed by atoms with Gasteiger partial charge in [0.05, 0.1) is 12.3 Å². The summed E-state index contributed by atoms with van der Waals surface area (Å²) >= 11 is 0. The van der Waals surface area contributed by atoms with E-state index in [1.807, 2.05) is 0 Å². The van der Waals surface area contributed by atoms with Gasteiger partial charge < -0.3 is 10.0 Å². The number of carbonyl (C=O) groups excluding carboxylic acids is 2. The second-order valence-corrected chi connectivity index (χ2v) is 6.65. The molecule has 1 aliphatic carbocycles. The van der Waals surface area contributed by atoms with Crippen LogP contribution >= 0.6 is 0 Å². The molecule has 23 heavy (non-hydrogen) atoms. The van der Waals surface area contributed by atoms with Crippen LogP contribution in [0, 0.1) is 11.8 Å². The van der Waals surface area contributed by atoms with Crippen molar-refractivity contribution >= 4 is 24.0 Å². The zero-order chi connectivity index (χ0) is 17.0. The minimum absolute atomic E-state index is 0.189. The van der Waals surface area contributed by atoms with Crippen LogP contribution in [0.1, 0.15) is 44.9 Å². The number of carboxylic acids is 1.